The largest absolute Gasteiger partial charge is 0.492 e. The second-order valence-corrected chi connectivity index (χ2v) is 4.54. The summed E-state index contributed by atoms with van der Waals surface area (Å²) in [5.41, 5.74) is 0. The van der Waals surface area contributed by atoms with Gasteiger partial charge < -0.3 is 14.7 Å². The fourth-order valence-electron chi connectivity index (χ4n) is 1.49. The predicted octanol–water partition coefficient (Wildman–Crippen LogP) is 2.52. The molecule has 18 heavy (non-hydrogen) atoms. The van der Waals surface area contributed by atoms with Crippen LogP contribution >= 0.6 is 11.6 Å². The van der Waals surface area contributed by atoms with E-state index in [1.165, 1.54) is 0 Å². The highest BCUT2D eigenvalue weighted by atomic mass is 35.5. The van der Waals surface area contributed by atoms with Gasteiger partial charge in [-0.25, -0.2) is 0 Å². The Kier molecular flexibility index (Phi) is 6.54. The molecule has 0 saturated carbocycles. The third-order valence-electron chi connectivity index (χ3n) is 2.47. The van der Waals surface area contributed by atoms with Crippen molar-refractivity contribution in [2.75, 3.05) is 26.7 Å². The maximum absolute atomic E-state index is 10.4. The number of rotatable bonds is 8. The van der Waals surface area contributed by atoms with Crippen molar-refractivity contribution in [1.29, 1.82) is 0 Å². The summed E-state index contributed by atoms with van der Waals surface area (Å²) < 4.78 is 5.54. The van der Waals surface area contributed by atoms with Gasteiger partial charge in [0.2, 0.25) is 0 Å². The zero-order valence-electron chi connectivity index (χ0n) is 10.4. The van der Waals surface area contributed by atoms with Crippen LogP contribution in [0.15, 0.2) is 24.3 Å². The van der Waals surface area contributed by atoms with Gasteiger partial charge in [0, 0.05) is 18.0 Å². The van der Waals surface area contributed by atoms with Gasteiger partial charge in [-0.15, -0.1) is 0 Å². The van der Waals surface area contributed by atoms with E-state index in [0.717, 1.165) is 18.8 Å². The van der Waals surface area contributed by atoms with E-state index in [-0.39, 0.29) is 6.42 Å². The van der Waals surface area contributed by atoms with Gasteiger partial charge in [0.05, 0.1) is 0 Å². The average molecular weight is 272 g/mol. The lowest BCUT2D eigenvalue weighted by molar-refractivity contribution is -0.137. The van der Waals surface area contributed by atoms with Gasteiger partial charge in [-0.2, -0.15) is 0 Å². The first-order valence-electron chi connectivity index (χ1n) is 5.86. The van der Waals surface area contributed by atoms with E-state index in [0.29, 0.717) is 18.1 Å². The molecule has 0 heterocycles. The Morgan fingerprint density at radius 3 is 2.89 bits per heavy atom. The van der Waals surface area contributed by atoms with E-state index in [1.54, 1.807) is 12.1 Å². The Bertz CT molecular complexity index is 384. The Hall–Kier alpha value is -1.26. The van der Waals surface area contributed by atoms with Crippen LogP contribution < -0.4 is 4.74 Å². The number of aliphatic carboxylic acids is 1. The molecule has 1 rings (SSSR count). The Morgan fingerprint density at radius 1 is 1.44 bits per heavy atom. The topological polar surface area (TPSA) is 49.8 Å². The van der Waals surface area contributed by atoms with Crippen molar-refractivity contribution in [3.8, 4) is 5.75 Å². The summed E-state index contributed by atoms with van der Waals surface area (Å²) in [6.07, 6.45) is 0.864. The summed E-state index contributed by atoms with van der Waals surface area (Å²) in [4.78, 5) is 12.4. The number of hydrogen-bond donors (Lipinski definition) is 1. The lowest BCUT2D eigenvalue weighted by Crippen LogP contribution is -2.25. The van der Waals surface area contributed by atoms with E-state index in [4.69, 9.17) is 21.4 Å². The predicted molar refractivity (Wildman–Crippen MR) is 71.3 cm³/mol. The second-order valence-electron chi connectivity index (χ2n) is 4.11. The number of hydrogen-bond acceptors (Lipinski definition) is 3. The van der Waals surface area contributed by atoms with Gasteiger partial charge in [-0.05, 0) is 38.2 Å². The maximum Gasteiger partial charge on any atom is 0.303 e. The number of halogens is 1. The molecule has 0 aliphatic carbocycles. The van der Waals surface area contributed by atoms with Crippen molar-refractivity contribution >= 4 is 17.6 Å². The minimum Gasteiger partial charge on any atom is -0.492 e. The quantitative estimate of drug-likeness (QED) is 0.789. The van der Waals surface area contributed by atoms with E-state index < -0.39 is 5.97 Å². The molecule has 1 aromatic carbocycles. The van der Waals surface area contributed by atoms with Crippen LogP contribution in [0.25, 0.3) is 0 Å². The molecule has 0 fully saturated rings. The molecule has 0 unspecified atom stereocenters. The molecule has 1 N–H and O–H groups in total. The number of ether oxygens (including phenoxy) is 1. The summed E-state index contributed by atoms with van der Waals surface area (Å²) >= 11 is 5.84. The first-order chi connectivity index (χ1) is 8.58. The van der Waals surface area contributed by atoms with Crippen LogP contribution in [0.1, 0.15) is 12.8 Å². The lowest BCUT2D eigenvalue weighted by atomic mass is 10.3. The van der Waals surface area contributed by atoms with Crippen molar-refractivity contribution in [2.45, 2.75) is 12.8 Å². The minimum atomic E-state index is -0.751. The van der Waals surface area contributed by atoms with Crippen LogP contribution in [-0.4, -0.2) is 42.7 Å². The van der Waals surface area contributed by atoms with E-state index >= 15 is 0 Å². The van der Waals surface area contributed by atoms with E-state index in [1.807, 2.05) is 24.1 Å². The van der Waals surface area contributed by atoms with Crippen LogP contribution in [-0.2, 0) is 4.79 Å². The molecular formula is C13H18ClNO3. The molecule has 4 nitrogen and oxygen atoms in total. The molecular weight excluding hydrogens is 254 g/mol. The van der Waals surface area contributed by atoms with E-state index in [2.05, 4.69) is 0 Å². The molecule has 5 heteroatoms. The summed E-state index contributed by atoms with van der Waals surface area (Å²) in [5, 5.41) is 9.18. The lowest BCUT2D eigenvalue weighted by Gasteiger charge is -2.16. The molecule has 100 valence electrons. The number of carbonyl (C=O) groups is 1. The van der Waals surface area contributed by atoms with Crippen LogP contribution in [0.4, 0.5) is 0 Å². The van der Waals surface area contributed by atoms with Gasteiger partial charge in [0.25, 0.3) is 0 Å². The number of carboxylic acids is 1. The molecule has 0 aliphatic rings. The smallest absolute Gasteiger partial charge is 0.303 e. The standard InChI is InChI=1S/C13H18ClNO3/c1-15(7-3-6-13(16)17)8-9-18-12-5-2-4-11(14)10-12/h2,4-5,10H,3,6-9H2,1H3,(H,16,17). The number of nitrogens with zero attached hydrogens (tertiary/aromatic N) is 1. The molecule has 1 aromatic rings. The highest BCUT2D eigenvalue weighted by Gasteiger charge is 2.02. The molecule has 0 bridgehead atoms. The van der Waals surface area contributed by atoms with Crippen LogP contribution in [0, 0.1) is 0 Å². The zero-order valence-corrected chi connectivity index (χ0v) is 11.2. The van der Waals surface area contributed by atoms with E-state index in [9.17, 15) is 4.79 Å². The Balaban J connectivity index is 2.15. The van der Waals surface area contributed by atoms with Gasteiger partial charge in [-0.3, -0.25) is 4.79 Å². The van der Waals surface area contributed by atoms with Crippen LogP contribution in [0.3, 0.4) is 0 Å². The number of likely N-dealkylation sites (N-methyl/N-ethyl adjacent to an activating group) is 1. The third-order valence-corrected chi connectivity index (χ3v) is 2.70. The molecule has 0 amide bonds. The Morgan fingerprint density at radius 2 is 2.22 bits per heavy atom. The van der Waals surface area contributed by atoms with Crippen molar-refractivity contribution in [2.24, 2.45) is 0 Å². The highest BCUT2D eigenvalue weighted by molar-refractivity contribution is 6.30. The van der Waals surface area contributed by atoms with Gasteiger partial charge in [-0.1, -0.05) is 17.7 Å². The summed E-state index contributed by atoms with van der Waals surface area (Å²) in [6, 6.07) is 7.27. The molecule has 0 radical (unpaired) electrons. The second kappa shape index (κ2) is 7.95. The van der Waals surface area contributed by atoms with Gasteiger partial charge in [0.1, 0.15) is 12.4 Å². The number of benzene rings is 1. The highest BCUT2D eigenvalue weighted by Crippen LogP contribution is 2.16. The molecule has 0 aromatic heterocycles. The monoisotopic (exact) mass is 271 g/mol. The van der Waals surface area contributed by atoms with Crippen molar-refractivity contribution in [3.63, 3.8) is 0 Å². The SMILES string of the molecule is CN(CCCC(=O)O)CCOc1cccc(Cl)c1. The average Bonchev–Trinajstić information content (AvgIpc) is 2.28. The summed E-state index contributed by atoms with van der Waals surface area (Å²) in [6.45, 7) is 2.07. The molecule has 0 atom stereocenters. The molecule has 0 saturated heterocycles. The molecule has 0 spiro atoms. The fraction of sp³-hybridized carbons (Fsp3) is 0.462. The third kappa shape index (κ3) is 6.47. The van der Waals surface area contributed by atoms with Gasteiger partial charge >= 0.3 is 5.97 Å². The summed E-state index contributed by atoms with van der Waals surface area (Å²) in [7, 11) is 1.95. The van der Waals surface area contributed by atoms with Gasteiger partial charge in [0.15, 0.2) is 0 Å². The van der Waals surface area contributed by atoms with Crippen LogP contribution in [0.5, 0.6) is 5.75 Å². The fourth-order valence-corrected chi connectivity index (χ4v) is 1.67. The molecule has 0 aliphatic heterocycles. The van der Waals surface area contributed by atoms with Crippen molar-refractivity contribution in [3.05, 3.63) is 29.3 Å². The summed E-state index contributed by atoms with van der Waals surface area (Å²) in [5.74, 6) is 0.0000124. The van der Waals surface area contributed by atoms with Crippen molar-refractivity contribution in [1.82, 2.24) is 4.90 Å². The normalized spacial score (nSPS) is 10.6. The first-order valence-corrected chi connectivity index (χ1v) is 6.24. The van der Waals surface area contributed by atoms with Crippen molar-refractivity contribution < 1.29 is 14.6 Å². The minimum absolute atomic E-state index is 0.208. The number of carboxylic acid groups (broad SMARTS) is 1. The van der Waals surface area contributed by atoms with Crippen LogP contribution in [0.2, 0.25) is 5.02 Å². The first kappa shape index (κ1) is 14.8. The zero-order chi connectivity index (χ0) is 13.4. The maximum atomic E-state index is 10.4. The Labute approximate surface area is 112 Å².